The van der Waals surface area contributed by atoms with E-state index in [-0.39, 0.29) is 16.7 Å². The van der Waals surface area contributed by atoms with Crippen molar-refractivity contribution in [3.05, 3.63) is 43.9 Å². The Labute approximate surface area is 162 Å². The van der Waals surface area contributed by atoms with Crippen LogP contribution in [0.2, 0.25) is 0 Å². The predicted octanol–water partition coefficient (Wildman–Crippen LogP) is 2.40. The molecule has 6 nitrogen and oxygen atoms in total. The highest BCUT2D eigenvalue weighted by Gasteiger charge is 2.27. The van der Waals surface area contributed by atoms with Crippen molar-refractivity contribution in [1.29, 1.82) is 0 Å². The average molecular weight is 388 g/mol. The molecule has 3 N–H and O–H groups in total. The van der Waals surface area contributed by atoms with E-state index >= 15 is 0 Å². The Morgan fingerprint density at radius 2 is 2.00 bits per heavy atom. The van der Waals surface area contributed by atoms with Gasteiger partial charge in [-0.15, -0.1) is 0 Å². The zero-order valence-corrected chi connectivity index (χ0v) is 16.1. The minimum atomic E-state index is -0.244. The number of thiazole rings is 1. The average Bonchev–Trinajstić information content (AvgIpc) is 2.99. The molecule has 1 aromatic carbocycles. The summed E-state index contributed by atoms with van der Waals surface area (Å²) in [5, 5.41) is 13.3. The minimum Gasteiger partial charge on any atom is -0.494 e. The number of carbonyl (C=O) groups excluding carboxylic acids is 1. The van der Waals surface area contributed by atoms with Gasteiger partial charge >= 0.3 is 4.87 Å². The van der Waals surface area contributed by atoms with E-state index in [0.717, 1.165) is 48.6 Å². The lowest BCUT2D eigenvalue weighted by Gasteiger charge is -2.32. The summed E-state index contributed by atoms with van der Waals surface area (Å²) >= 11 is 1.04. The molecule has 144 valence electrons. The summed E-state index contributed by atoms with van der Waals surface area (Å²) in [7, 11) is 0. The van der Waals surface area contributed by atoms with Gasteiger partial charge in [-0.3, -0.25) is 14.6 Å². The van der Waals surface area contributed by atoms with Gasteiger partial charge in [0.1, 0.15) is 0 Å². The van der Waals surface area contributed by atoms with Crippen molar-refractivity contribution >= 4 is 22.9 Å². The molecule has 1 fully saturated rings. The fourth-order valence-corrected chi connectivity index (χ4v) is 4.95. The van der Waals surface area contributed by atoms with Crippen LogP contribution in [0.5, 0.6) is 5.88 Å². The molecule has 1 saturated heterocycles. The van der Waals surface area contributed by atoms with Crippen molar-refractivity contribution < 1.29 is 9.90 Å². The highest BCUT2D eigenvalue weighted by Crippen LogP contribution is 2.33. The van der Waals surface area contributed by atoms with Gasteiger partial charge in [0.15, 0.2) is 0 Å². The lowest BCUT2D eigenvalue weighted by atomic mass is 9.91. The van der Waals surface area contributed by atoms with E-state index < -0.39 is 0 Å². The van der Waals surface area contributed by atoms with Crippen molar-refractivity contribution in [2.24, 2.45) is 5.92 Å². The second kappa shape index (κ2) is 7.86. The molecular formula is C20H25N3O3S. The Bertz CT molecular complexity index is 883. The smallest absolute Gasteiger partial charge is 0.307 e. The summed E-state index contributed by atoms with van der Waals surface area (Å²) in [6, 6.07) is 6.03. The maximum Gasteiger partial charge on any atom is 0.307 e. The molecule has 2 aliphatic rings. The first-order chi connectivity index (χ1) is 13.1. The van der Waals surface area contributed by atoms with Crippen LogP contribution in [0.25, 0.3) is 0 Å². The first kappa shape index (κ1) is 18.3. The third kappa shape index (κ3) is 3.94. The summed E-state index contributed by atoms with van der Waals surface area (Å²) in [6.45, 7) is 2.91. The lowest BCUT2D eigenvalue weighted by Crippen LogP contribution is -2.38. The largest absolute Gasteiger partial charge is 0.494 e. The maximum atomic E-state index is 12.6. The summed E-state index contributed by atoms with van der Waals surface area (Å²) in [5.41, 5.74) is 3.25. The summed E-state index contributed by atoms with van der Waals surface area (Å²) in [5.74, 6) is 0.835. The standard InChI is InChI=1S/C20H25N3O3S/c24-18-5-4-15-14(12-17-19(25)22-20(26)27-17)2-1-3-16(15)23(18)11-8-13-6-9-21-10-7-13/h1-3,13,21,25H,4-12H2,(H,22,26). The Morgan fingerprint density at radius 1 is 1.19 bits per heavy atom. The quantitative estimate of drug-likeness (QED) is 0.735. The van der Waals surface area contributed by atoms with Gasteiger partial charge in [0.25, 0.3) is 0 Å². The SMILES string of the molecule is O=C1CCc2c(Cc3sc(=O)[nH]c3O)cccc2N1CCC1CCNCC1. The van der Waals surface area contributed by atoms with Crippen molar-refractivity contribution in [3.63, 3.8) is 0 Å². The van der Waals surface area contributed by atoms with Gasteiger partial charge in [0, 0.05) is 25.1 Å². The second-order valence-corrected chi connectivity index (χ2v) is 8.47. The molecule has 7 heteroatoms. The number of hydrogen-bond acceptors (Lipinski definition) is 5. The van der Waals surface area contributed by atoms with Crippen LogP contribution in [-0.2, 0) is 17.6 Å². The van der Waals surface area contributed by atoms with Crippen LogP contribution in [0.15, 0.2) is 23.0 Å². The van der Waals surface area contributed by atoms with Crippen LogP contribution in [0.1, 0.15) is 41.7 Å². The summed E-state index contributed by atoms with van der Waals surface area (Å²) < 4.78 is 0. The van der Waals surface area contributed by atoms with E-state index in [1.165, 1.54) is 18.4 Å². The van der Waals surface area contributed by atoms with Crippen LogP contribution < -0.4 is 15.1 Å². The van der Waals surface area contributed by atoms with Crippen LogP contribution in [-0.4, -0.2) is 35.6 Å². The highest BCUT2D eigenvalue weighted by atomic mass is 32.1. The van der Waals surface area contributed by atoms with Gasteiger partial charge in [0.05, 0.1) is 4.88 Å². The van der Waals surface area contributed by atoms with Gasteiger partial charge in [0.2, 0.25) is 11.8 Å². The number of aromatic hydroxyl groups is 1. The van der Waals surface area contributed by atoms with Crippen LogP contribution in [0.4, 0.5) is 5.69 Å². The molecular weight excluding hydrogens is 362 g/mol. The number of nitrogens with one attached hydrogen (secondary N) is 2. The topological polar surface area (TPSA) is 85.4 Å². The number of H-pyrrole nitrogens is 1. The fourth-order valence-electron chi connectivity index (χ4n) is 4.20. The normalized spacial score (nSPS) is 17.9. The monoisotopic (exact) mass is 387 g/mol. The molecule has 0 unspecified atom stereocenters. The van der Waals surface area contributed by atoms with Gasteiger partial charge in [-0.2, -0.15) is 0 Å². The van der Waals surface area contributed by atoms with Crippen molar-refractivity contribution in [1.82, 2.24) is 10.3 Å². The number of carbonyl (C=O) groups is 1. The number of aromatic amines is 1. The Kier molecular flexibility index (Phi) is 5.31. The second-order valence-electron chi connectivity index (χ2n) is 7.41. The molecule has 4 rings (SSSR count). The predicted molar refractivity (Wildman–Crippen MR) is 107 cm³/mol. The number of aromatic nitrogens is 1. The molecule has 0 bridgehead atoms. The molecule has 0 atom stereocenters. The van der Waals surface area contributed by atoms with E-state index in [4.69, 9.17) is 0 Å². The molecule has 2 aromatic rings. The van der Waals surface area contributed by atoms with Crippen LogP contribution in [0.3, 0.4) is 0 Å². The number of benzene rings is 1. The lowest BCUT2D eigenvalue weighted by molar-refractivity contribution is -0.118. The Hall–Kier alpha value is -2.12. The van der Waals surface area contributed by atoms with Gasteiger partial charge < -0.3 is 15.3 Å². The minimum absolute atomic E-state index is 0.0442. The van der Waals surface area contributed by atoms with E-state index in [2.05, 4.69) is 10.3 Å². The number of rotatable bonds is 5. The van der Waals surface area contributed by atoms with Crippen LogP contribution >= 0.6 is 11.3 Å². The van der Waals surface area contributed by atoms with E-state index in [9.17, 15) is 14.7 Å². The molecule has 0 radical (unpaired) electrons. The maximum absolute atomic E-state index is 12.6. The molecule has 0 aliphatic carbocycles. The number of nitrogens with zero attached hydrogens (tertiary/aromatic N) is 1. The van der Waals surface area contributed by atoms with Gasteiger partial charge in [-0.05, 0) is 61.9 Å². The molecule has 0 saturated carbocycles. The molecule has 27 heavy (non-hydrogen) atoms. The van der Waals surface area contributed by atoms with Crippen LogP contribution in [0, 0.1) is 5.92 Å². The molecule has 1 aromatic heterocycles. The van der Waals surface area contributed by atoms with Crippen molar-refractivity contribution in [2.75, 3.05) is 24.5 Å². The fraction of sp³-hybridized carbons (Fsp3) is 0.500. The zero-order valence-electron chi connectivity index (χ0n) is 15.3. The van der Waals surface area contributed by atoms with E-state index in [1.54, 1.807) is 0 Å². The number of amides is 1. The van der Waals surface area contributed by atoms with Crippen molar-refractivity contribution in [3.8, 4) is 5.88 Å². The van der Waals surface area contributed by atoms with Gasteiger partial charge in [-0.1, -0.05) is 23.5 Å². The van der Waals surface area contributed by atoms with E-state index in [0.29, 0.717) is 30.1 Å². The van der Waals surface area contributed by atoms with Crippen molar-refractivity contribution in [2.45, 2.75) is 38.5 Å². The number of piperidine rings is 1. The highest BCUT2D eigenvalue weighted by molar-refractivity contribution is 7.09. The zero-order chi connectivity index (χ0) is 18.8. The third-order valence-electron chi connectivity index (χ3n) is 5.70. The molecule has 1 amide bonds. The Morgan fingerprint density at radius 3 is 2.74 bits per heavy atom. The first-order valence-corrected chi connectivity index (χ1v) is 10.5. The summed E-state index contributed by atoms with van der Waals surface area (Å²) in [6.07, 6.45) is 5.15. The molecule has 3 heterocycles. The third-order valence-corrected chi connectivity index (χ3v) is 6.57. The Balaban J connectivity index is 1.55. The molecule has 0 spiro atoms. The number of hydrogen-bond donors (Lipinski definition) is 3. The summed E-state index contributed by atoms with van der Waals surface area (Å²) in [4.78, 5) is 28.8. The van der Waals surface area contributed by atoms with E-state index in [1.807, 2.05) is 23.1 Å². The molecule has 2 aliphatic heterocycles. The number of fused-ring (bicyclic) bond motifs is 1. The number of anilines is 1. The first-order valence-electron chi connectivity index (χ1n) is 9.64. The van der Waals surface area contributed by atoms with Gasteiger partial charge in [-0.25, -0.2) is 0 Å².